The minimum absolute atomic E-state index is 0.0919. The first-order chi connectivity index (χ1) is 57.7. The molecule has 2 aliphatic rings. The van der Waals surface area contributed by atoms with Gasteiger partial charge in [0, 0.05) is 64.2 Å². The van der Waals surface area contributed by atoms with Crippen molar-refractivity contribution in [2.75, 3.05) is 52.4 Å². The van der Waals surface area contributed by atoms with Crippen LogP contribution in [0.2, 0.25) is 0 Å². The van der Waals surface area contributed by atoms with Gasteiger partial charge in [0.15, 0.2) is 0 Å². The van der Waals surface area contributed by atoms with Gasteiger partial charge in [-0.05, 0) is 180 Å². The van der Waals surface area contributed by atoms with Gasteiger partial charge >= 0.3 is 36.4 Å². The van der Waals surface area contributed by atoms with Gasteiger partial charge in [0.25, 0.3) is 0 Å². The standard InChI is InChI=1S/C83H133N17O24/c1-46(2)42-58-68(108)93-55(33-39-87-76(116)122-81(11,12)13)65(105)92-56(34-40-88-77(117)123-82(14,15)16)66(106)98-61(47(3)101)71(111)84-36-30-51(44-89-53(31-37-85-74(114)120-79(5,6)7)63(103)97-59(69(109)96-58)43-49-26-22-20-23-27-49)91-64(104)54(32-38-86-75(115)121-80(8,9)10)95-72(112)62(48(4)102)99-67(107)57(35-41-90-100-78(118)124-83(17,18)19)94-70(110)60-52(45-119-73(60)113)50-28-24-21-25-29-50/h20-29,46-48,51-62,89-90,101-102H,30-45H2,1-19H3,(H,84,111)(H,85,114)(H,86,115)(H,87,116)(H,88,117)(H,91,104)(H,92,105)(H,93,108)(H,94,110)(H,95,112)(H,96,109)(H,97,103)(H,98,106)(H,99,107)(H,100,118)/t47-,48?,51-,52?,53-,54-,55-,56-,57-,58-,59+,60?,61-,62-/m0/s1. The van der Waals surface area contributed by atoms with Crippen molar-refractivity contribution in [3.8, 4) is 0 Å². The highest BCUT2D eigenvalue weighted by atomic mass is 16.6. The quantitative estimate of drug-likeness (QED) is 0.0164. The average Bonchev–Trinajstić information content (AvgIpc) is 1.67. The molecule has 2 fully saturated rings. The lowest BCUT2D eigenvalue weighted by Crippen LogP contribution is -2.61. The lowest BCUT2D eigenvalue weighted by atomic mass is 9.87. The fraction of sp³-hybridized carbons (Fsp3) is 0.663. The summed E-state index contributed by atoms with van der Waals surface area (Å²) in [6, 6.07) is 0.442. The summed E-state index contributed by atoms with van der Waals surface area (Å²) in [5, 5.41) is 62.2. The third-order valence-electron chi connectivity index (χ3n) is 18.1. The van der Waals surface area contributed by atoms with E-state index < -0.39 is 240 Å². The number of hydrogen-bond acceptors (Lipinski definition) is 26. The Morgan fingerprint density at radius 1 is 0.476 bits per heavy atom. The van der Waals surface area contributed by atoms with Crippen LogP contribution in [0.3, 0.4) is 0 Å². The van der Waals surface area contributed by atoms with Crippen molar-refractivity contribution in [2.24, 2.45) is 11.8 Å². The molecule has 2 heterocycles. The number of aliphatic hydroxyl groups is 2. The Morgan fingerprint density at radius 2 is 0.903 bits per heavy atom. The van der Waals surface area contributed by atoms with Crippen LogP contribution in [-0.4, -0.2) is 259 Å². The largest absolute Gasteiger partial charge is 0.464 e. The molecule has 0 saturated carbocycles. The number of alkyl carbamates (subject to hydrolysis) is 4. The molecule has 2 aromatic carbocycles. The van der Waals surface area contributed by atoms with Crippen molar-refractivity contribution in [2.45, 2.75) is 289 Å². The van der Waals surface area contributed by atoms with Crippen LogP contribution in [-0.2, 0) is 87.6 Å². The minimum Gasteiger partial charge on any atom is -0.464 e. The second kappa shape index (κ2) is 49.3. The van der Waals surface area contributed by atoms with E-state index in [0.29, 0.717) is 11.1 Å². The molecular weight excluding hydrogens is 1620 g/mol. The molecule has 0 radical (unpaired) electrons. The van der Waals surface area contributed by atoms with Crippen LogP contribution in [0.1, 0.15) is 194 Å². The van der Waals surface area contributed by atoms with Gasteiger partial charge in [-0.1, -0.05) is 74.5 Å². The summed E-state index contributed by atoms with van der Waals surface area (Å²) in [6.45, 7) is 27.0. The molecule has 124 heavy (non-hydrogen) atoms. The maximum atomic E-state index is 15.4. The number of hydrazine groups is 1. The fourth-order valence-electron chi connectivity index (χ4n) is 12.4. The fourth-order valence-corrected chi connectivity index (χ4v) is 12.4. The zero-order chi connectivity index (χ0) is 93.2. The molecule has 2 aliphatic heterocycles. The maximum Gasteiger partial charge on any atom is 0.422 e. The van der Waals surface area contributed by atoms with Crippen molar-refractivity contribution >= 4 is 95.5 Å². The van der Waals surface area contributed by atoms with Crippen LogP contribution in [0.25, 0.3) is 0 Å². The first kappa shape index (κ1) is 105. The summed E-state index contributed by atoms with van der Waals surface area (Å²) in [5.41, 5.74) is 1.10. The first-order valence-electron chi connectivity index (χ1n) is 41.6. The summed E-state index contributed by atoms with van der Waals surface area (Å²) >= 11 is 0. The van der Waals surface area contributed by atoms with Crippen LogP contribution < -0.4 is 90.6 Å². The molecule has 14 atom stereocenters. The van der Waals surface area contributed by atoms with Gasteiger partial charge in [-0.3, -0.25) is 58.2 Å². The summed E-state index contributed by atoms with van der Waals surface area (Å²) in [4.78, 5) is 227. The smallest absolute Gasteiger partial charge is 0.422 e. The van der Waals surface area contributed by atoms with E-state index in [2.05, 4.69) is 90.6 Å². The summed E-state index contributed by atoms with van der Waals surface area (Å²) < 4.78 is 32.3. The topological polar surface area (TPSA) is 573 Å². The Bertz CT molecular complexity index is 3910. The molecule has 3 unspecified atom stereocenters. The van der Waals surface area contributed by atoms with Crippen molar-refractivity contribution < 1.29 is 115 Å². The molecule has 0 bridgehead atoms. The van der Waals surface area contributed by atoms with Crippen molar-refractivity contribution in [1.29, 1.82) is 0 Å². The molecule has 19 N–H and O–H groups in total. The van der Waals surface area contributed by atoms with Gasteiger partial charge in [-0.15, -0.1) is 0 Å². The second-order valence-corrected chi connectivity index (χ2v) is 35.7. The van der Waals surface area contributed by atoms with Gasteiger partial charge < -0.3 is 118 Å². The van der Waals surface area contributed by atoms with Crippen molar-refractivity contribution in [1.82, 2.24) is 90.6 Å². The first-order valence-corrected chi connectivity index (χ1v) is 41.6. The van der Waals surface area contributed by atoms with E-state index in [9.17, 15) is 72.5 Å². The number of nitrogens with one attached hydrogen (secondary N) is 17. The van der Waals surface area contributed by atoms with E-state index in [1.54, 1.807) is 178 Å². The van der Waals surface area contributed by atoms with Crippen LogP contribution in [0.4, 0.5) is 24.0 Å². The molecule has 0 aliphatic carbocycles. The number of benzene rings is 2. The highest BCUT2D eigenvalue weighted by molar-refractivity contribution is 6.03. The van der Waals surface area contributed by atoms with Crippen molar-refractivity contribution in [3.63, 3.8) is 0 Å². The molecule has 0 aromatic heterocycles. The zero-order valence-corrected chi connectivity index (χ0v) is 74.6. The Kier molecular flexibility index (Phi) is 41.8. The third-order valence-corrected chi connectivity index (χ3v) is 18.1. The minimum atomic E-state index is -1.98. The van der Waals surface area contributed by atoms with Crippen LogP contribution in [0.5, 0.6) is 0 Å². The molecule has 0 spiro atoms. The molecular formula is C83H133N17O24. The Labute approximate surface area is 724 Å². The van der Waals surface area contributed by atoms with Crippen LogP contribution >= 0.6 is 0 Å². The van der Waals surface area contributed by atoms with E-state index in [0.717, 1.165) is 13.8 Å². The number of ether oxygens (including phenoxy) is 6. The Hall–Kier alpha value is -11.2. The lowest BCUT2D eigenvalue weighted by Gasteiger charge is -2.29. The van der Waals surface area contributed by atoms with E-state index >= 15 is 14.4 Å². The monoisotopic (exact) mass is 1750 g/mol. The summed E-state index contributed by atoms with van der Waals surface area (Å²) in [5.74, 6) is -13.9. The highest BCUT2D eigenvalue weighted by Crippen LogP contribution is 2.32. The lowest BCUT2D eigenvalue weighted by molar-refractivity contribution is -0.146. The number of carbonyl (C=O) groups is 16. The normalized spacial score (nSPS) is 21.2. The number of esters is 1. The molecule has 2 aromatic rings. The SMILES string of the molecule is CC(C)C[C@@H]1NC(=O)[C@@H](Cc2ccccc2)NC(=O)[C@H](CCNC(=O)OC(C)(C)C)NC[C@@H](NC(=O)[C@H](CCNC(=O)OC(C)(C)C)NC(=O)[C@@H](NC(=O)[C@H](CCNNC(=O)OC(C)(C)C)NC(=O)C2C(=O)OCC2c2ccccc2)C(C)O)CCNC(=O)[C@H]([C@H](C)O)NC(=O)[C@H](CCNC(=O)OC(C)(C)C)NC(=O)[C@H](CCNC(=O)OC(C)(C)C)NC1=O. The molecule has 694 valence electrons. The van der Waals surface area contributed by atoms with E-state index in [1.807, 2.05) is 0 Å². The Morgan fingerprint density at radius 3 is 1.40 bits per heavy atom. The third kappa shape index (κ3) is 40.9. The van der Waals surface area contributed by atoms with Gasteiger partial charge in [-0.2, -0.15) is 0 Å². The van der Waals surface area contributed by atoms with Crippen LogP contribution in [0, 0.1) is 11.8 Å². The van der Waals surface area contributed by atoms with E-state index in [-0.39, 0.29) is 77.2 Å². The van der Waals surface area contributed by atoms with E-state index in [4.69, 9.17) is 28.4 Å². The number of carbonyl (C=O) groups excluding carboxylic acids is 16. The molecule has 15 amide bonds. The number of rotatable bonds is 31. The molecule has 2 saturated heterocycles. The van der Waals surface area contributed by atoms with Gasteiger partial charge in [-0.25, -0.2) is 29.4 Å². The number of aliphatic hydroxyl groups excluding tert-OH is 2. The summed E-state index contributed by atoms with van der Waals surface area (Å²) in [7, 11) is 0. The Balaban J connectivity index is 1.93. The summed E-state index contributed by atoms with van der Waals surface area (Å²) in [6.07, 6.45) is -10.7. The second-order valence-electron chi connectivity index (χ2n) is 35.7. The number of amides is 15. The molecule has 41 nitrogen and oxygen atoms in total. The molecule has 41 heteroatoms. The van der Waals surface area contributed by atoms with Gasteiger partial charge in [0.05, 0.1) is 24.9 Å². The average molecular weight is 1750 g/mol. The zero-order valence-electron chi connectivity index (χ0n) is 74.6. The predicted molar refractivity (Wildman–Crippen MR) is 451 cm³/mol. The molecule has 4 rings (SSSR count). The van der Waals surface area contributed by atoms with Crippen LogP contribution in [0.15, 0.2) is 60.7 Å². The highest BCUT2D eigenvalue weighted by Gasteiger charge is 2.45. The van der Waals surface area contributed by atoms with Gasteiger partial charge in [0.2, 0.25) is 59.1 Å². The maximum absolute atomic E-state index is 15.4. The van der Waals surface area contributed by atoms with Gasteiger partial charge in [0.1, 0.15) is 82.3 Å². The van der Waals surface area contributed by atoms with Crippen molar-refractivity contribution in [3.05, 3.63) is 71.8 Å². The predicted octanol–water partition coefficient (Wildman–Crippen LogP) is 0.913. The van der Waals surface area contributed by atoms with E-state index in [1.165, 1.54) is 0 Å². The number of hydrogen-bond donors (Lipinski definition) is 19. The number of cyclic esters (lactones) is 1.